The Morgan fingerprint density at radius 1 is 1.20 bits per heavy atom. The Kier molecular flexibility index (Phi) is 5.74. The lowest BCUT2D eigenvalue weighted by Crippen LogP contribution is -2.28. The number of aliphatic imine (C=N–C) groups is 1. The highest BCUT2D eigenvalue weighted by atomic mass is 35.5. The first-order valence-electron chi connectivity index (χ1n) is 8.91. The standard InChI is InChI=1S/C22H16ClN3O3S/c1-29-19-11-14(7-8-18(19)27)12-20-21(28)26(15-5-3-2-4-6-15)22(30-20)25-17-9-10-24-13-16(17)23/h2-13,27H,1H3/b20-12-,25-22?. The summed E-state index contributed by atoms with van der Waals surface area (Å²) in [6.45, 7) is 0. The molecule has 0 saturated carbocycles. The van der Waals surface area contributed by atoms with Crippen LogP contribution in [-0.2, 0) is 4.79 Å². The van der Waals surface area contributed by atoms with Gasteiger partial charge in [-0.2, -0.15) is 0 Å². The van der Waals surface area contributed by atoms with Gasteiger partial charge < -0.3 is 9.84 Å². The molecule has 2 aromatic carbocycles. The van der Waals surface area contributed by atoms with Crippen molar-refractivity contribution in [2.75, 3.05) is 12.0 Å². The first-order chi connectivity index (χ1) is 14.6. The maximum absolute atomic E-state index is 13.2. The number of thioether (sulfide) groups is 1. The number of hydrogen-bond donors (Lipinski definition) is 1. The fourth-order valence-corrected chi connectivity index (χ4v) is 4.01. The predicted octanol–water partition coefficient (Wildman–Crippen LogP) is 5.26. The van der Waals surface area contributed by atoms with Crippen LogP contribution >= 0.6 is 23.4 Å². The molecule has 1 aliphatic heterocycles. The molecule has 0 spiro atoms. The van der Waals surface area contributed by atoms with Crippen molar-refractivity contribution in [3.8, 4) is 11.5 Å². The molecule has 6 nitrogen and oxygen atoms in total. The number of benzene rings is 2. The van der Waals surface area contributed by atoms with E-state index in [0.717, 1.165) is 5.56 Å². The topological polar surface area (TPSA) is 75.0 Å². The van der Waals surface area contributed by atoms with Gasteiger partial charge in [0.15, 0.2) is 16.7 Å². The molecule has 8 heteroatoms. The van der Waals surface area contributed by atoms with Crippen LogP contribution < -0.4 is 9.64 Å². The van der Waals surface area contributed by atoms with Gasteiger partial charge in [-0.05, 0) is 53.7 Å². The minimum Gasteiger partial charge on any atom is -0.504 e. The highest BCUT2D eigenvalue weighted by Crippen LogP contribution is 2.38. The second-order valence-corrected chi connectivity index (χ2v) is 7.66. The first-order valence-corrected chi connectivity index (χ1v) is 10.1. The largest absolute Gasteiger partial charge is 0.504 e. The number of hydrogen-bond acceptors (Lipinski definition) is 6. The lowest BCUT2D eigenvalue weighted by molar-refractivity contribution is -0.113. The molecular weight excluding hydrogens is 422 g/mol. The number of rotatable bonds is 4. The summed E-state index contributed by atoms with van der Waals surface area (Å²) >= 11 is 7.46. The van der Waals surface area contributed by atoms with Crippen LogP contribution in [-0.4, -0.2) is 28.3 Å². The molecule has 1 fully saturated rings. The van der Waals surface area contributed by atoms with Crippen LogP contribution in [0.15, 0.2) is 76.9 Å². The van der Waals surface area contributed by atoms with E-state index in [1.54, 1.807) is 35.4 Å². The minimum atomic E-state index is -0.206. The molecule has 0 unspecified atom stereocenters. The van der Waals surface area contributed by atoms with Crippen LogP contribution in [0.1, 0.15) is 5.56 Å². The third-order valence-corrected chi connectivity index (χ3v) is 5.55. The molecule has 4 rings (SSSR count). The van der Waals surface area contributed by atoms with E-state index in [1.165, 1.54) is 31.1 Å². The third kappa shape index (κ3) is 4.03. The van der Waals surface area contributed by atoms with E-state index in [0.29, 0.717) is 32.2 Å². The molecule has 0 aliphatic carbocycles. The van der Waals surface area contributed by atoms with Gasteiger partial charge in [0.25, 0.3) is 5.91 Å². The number of nitrogens with zero attached hydrogens (tertiary/aromatic N) is 3. The van der Waals surface area contributed by atoms with Crippen LogP contribution in [0.4, 0.5) is 11.4 Å². The first kappa shape index (κ1) is 20.0. The highest BCUT2D eigenvalue weighted by Gasteiger charge is 2.34. The number of halogens is 1. The number of methoxy groups -OCH3 is 1. The number of aromatic nitrogens is 1. The van der Waals surface area contributed by atoms with Crippen LogP contribution in [0.5, 0.6) is 11.5 Å². The Hall–Kier alpha value is -3.29. The fraction of sp³-hybridized carbons (Fsp3) is 0.0455. The summed E-state index contributed by atoms with van der Waals surface area (Å²) in [6, 6.07) is 15.9. The Balaban J connectivity index is 1.78. The van der Waals surface area contributed by atoms with Crippen molar-refractivity contribution >= 4 is 51.9 Å². The number of amides is 1. The molecule has 0 bridgehead atoms. The van der Waals surface area contributed by atoms with Gasteiger partial charge in [-0.25, -0.2) is 4.99 Å². The van der Waals surface area contributed by atoms with Crippen LogP contribution in [0.25, 0.3) is 6.08 Å². The summed E-state index contributed by atoms with van der Waals surface area (Å²) in [7, 11) is 1.47. The summed E-state index contributed by atoms with van der Waals surface area (Å²) in [5.74, 6) is 0.157. The zero-order valence-electron chi connectivity index (χ0n) is 15.8. The molecule has 1 saturated heterocycles. The molecule has 1 aromatic heterocycles. The van der Waals surface area contributed by atoms with Crippen molar-refractivity contribution in [3.05, 3.63) is 82.5 Å². The lowest BCUT2D eigenvalue weighted by atomic mass is 10.2. The number of para-hydroxylation sites is 1. The fourth-order valence-electron chi connectivity index (χ4n) is 2.85. The zero-order chi connectivity index (χ0) is 21.1. The number of carbonyl (C=O) groups is 1. The van der Waals surface area contributed by atoms with Gasteiger partial charge in [-0.3, -0.25) is 14.7 Å². The summed E-state index contributed by atoms with van der Waals surface area (Å²) in [6.07, 6.45) is 4.84. The summed E-state index contributed by atoms with van der Waals surface area (Å²) < 4.78 is 5.15. The van der Waals surface area contributed by atoms with E-state index >= 15 is 0 Å². The Labute approximate surface area is 182 Å². The number of phenolic OH excluding ortho intramolecular Hbond substituents is 1. The number of ether oxygens (including phenoxy) is 1. The van der Waals surface area contributed by atoms with Crippen molar-refractivity contribution < 1.29 is 14.6 Å². The van der Waals surface area contributed by atoms with Crippen LogP contribution in [0, 0.1) is 0 Å². The van der Waals surface area contributed by atoms with Gasteiger partial charge in [-0.1, -0.05) is 35.9 Å². The molecule has 30 heavy (non-hydrogen) atoms. The van der Waals surface area contributed by atoms with E-state index in [-0.39, 0.29) is 11.7 Å². The Morgan fingerprint density at radius 3 is 2.73 bits per heavy atom. The minimum absolute atomic E-state index is 0.0329. The molecule has 2 heterocycles. The number of carbonyl (C=O) groups excluding carboxylic acids is 1. The molecule has 1 amide bonds. The van der Waals surface area contributed by atoms with Gasteiger partial charge in [-0.15, -0.1) is 0 Å². The monoisotopic (exact) mass is 437 g/mol. The van der Waals surface area contributed by atoms with Crippen LogP contribution in [0.2, 0.25) is 5.02 Å². The number of phenols is 1. The van der Waals surface area contributed by atoms with Crippen molar-refractivity contribution in [1.29, 1.82) is 0 Å². The number of amidine groups is 1. The van der Waals surface area contributed by atoms with Crippen molar-refractivity contribution in [3.63, 3.8) is 0 Å². The molecule has 1 aliphatic rings. The molecular formula is C22H16ClN3O3S. The second-order valence-electron chi connectivity index (χ2n) is 6.24. The summed E-state index contributed by atoms with van der Waals surface area (Å²) in [5, 5.41) is 10.7. The zero-order valence-corrected chi connectivity index (χ0v) is 17.4. The van der Waals surface area contributed by atoms with Gasteiger partial charge in [0.1, 0.15) is 0 Å². The lowest BCUT2D eigenvalue weighted by Gasteiger charge is -2.15. The number of anilines is 1. The van der Waals surface area contributed by atoms with Crippen molar-refractivity contribution in [1.82, 2.24) is 4.98 Å². The van der Waals surface area contributed by atoms with Gasteiger partial charge in [0, 0.05) is 12.4 Å². The van der Waals surface area contributed by atoms with E-state index in [1.807, 2.05) is 30.3 Å². The Bertz CT molecular complexity index is 1170. The van der Waals surface area contributed by atoms with E-state index in [9.17, 15) is 9.90 Å². The van der Waals surface area contributed by atoms with Crippen molar-refractivity contribution in [2.24, 2.45) is 4.99 Å². The molecule has 1 N–H and O–H groups in total. The van der Waals surface area contributed by atoms with E-state index < -0.39 is 0 Å². The second kappa shape index (κ2) is 8.61. The van der Waals surface area contributed by atoms with Crippen LogP contribution in [0.3, 0.4) is 0 Å². The SMILES string of the molecule is COc1cc(/C=C2\SC(=Nc3ccncc3Cl)N(c3ccccc3)C2=O)ccc1O. The van der Waals surface area contributed by atoms with Gasteiger partial charge in [0.2, 0.25) is 0 Å². The highest BCUT2D eigenvalue weighted by molar-refractivity contribution is 8.19. The van der Waals surface area contributed by atoms with Gasteiger partial charge in [0.05, 0.1) is 28.4 Å². The van der Waals surface area contributed by atoms with Crippen molar-refractivity contribution in [2.45, 2.75) is 0 Å². The molecule has 3 aromatic rings. The molecule has 0 radical (unpaired) electrons. The summed E-state index contributed by atoms with van der Waals surface area (Å²) in [5.41, 5.74) is 1.94. The van der Waals surface area contributed by atoms with E-state index in [4.69, 9.17) is 16.3 Å². The smallest absolute Gasteiger partial charge is 0.271 e. The predicted molar refractivity (Wildman–Crippen MR) is 120 cm³/mol. The quantitative estimate of drug-likeness (QED) is 0.563. The normalized spacial score (nSPS) is 16.5. The number of aromatic hydroxyl groups is 1. The summed E-state index contributed by atoms with van der Waals surface area (Å²) in [4.78, 5) is 23.9. The average Bonchev–Trinajstić information content (AvgIpc) is 3.06. The van der Waals surface area contributed by atoms with E-state index in [2.05, 4.69) is 9.98 Å². The maximum Gasteiger partial charge on any atom is 0.271 e. The average molecular weight is 438 g/mol. The number of pyridine rings is 1. The van der Waals surface area contributed by atoms with Gasteiger partial charge >= 0.3 is 0 Å². The Morgan fingerprint density at radius 2 is 2.00 bits per heavy atom. The molecule has 0 atom stereocenters. The maximum atomic E-state index is 13.2. The molecule has 150 valence electrons. The third-order valence-electron chi connectivity index (χ3n) is 4.29.